The molecular weight excluding hydrogens is 317 g/mol. The lowest BCUT2D eigenvalue weighted by Crippen LogP contribution is -2.25. The number of benzene rings is 1. The average Bonchev–Trinajstić information content (AvgIpc) is 2.23. The lowest BCUT2D eigenvalue weighted by molar-refractivity contribution is -0.206. The molecule has 3 nitrogen and oxygen atoms in total. The summed E-state index contributed by atoms with van der Waals surface area (Å²) in [7, 11) is 0. The summed E-state index contributed by atoms with van der Waals surface area (Å²) in [5.41, 5.74) is 3.36. The fourth-order valence-electron chi connectivity index (χ4n) is 1.24. The maximum atomic E-state index is 12.5. The summed E-state index contributed by atoms with van der Waals surface area (Å²) in [5, 5.41) is 7.86. The molecule has 1 aromatic rings. The number of nitrogens with two attached hydrogens (primary N) is 1. The van der Waals surface area contributed by atoms with Crippen LogP contribution in [0.2, 0.25) is 15.1 Å². The number of aliphatic hydroxyl groups excluding tert-OH is 1. The second-order valence-electron chi connectivity index (χ2n) is 3.26. The highest BCUT2D eigenvalue weighted by Gasteiger charge is 2.43. The molecule has 0 heterocycles. The number of carbonyl (C=O) groups is 1. The van der Waals surface area contributed by atoms with Crippen LogP contribution in [0.25, 0.3) is 0 Å². The minimum absolute atomic E-state index is 0.242. The molecule has 1 rings (SSSR count). The van der Waals surface area contributed by atoms with Crippen LogP contribution in [0.5, 0.6) is 0 Å². The molecule has 0 aliphatic rings. The van der Waals surface area contributed by atoms with Crippen LogP contribution in [0, 0.1) is 0 Å². The highest BCUT2D eigenvalue weighted by Crippen LogP contribution is 2.43. The van der Waals surface area contributed by atoms with Gasteiger partial charge in [0.1, 0.15) is 0 Å². The number of halogens is 6. The Bertz CT molecular complexity index is 505. The van der Waals surface area contributed by atoms with Gasteiger partial charge in [-0.05, 0) is 6.07 Å². The molecule has 9 heteroatoms. The maximum Gasteiger partial charge on any atom is 0.418 e. The number of aliphatic hydroxyl groups is 1. The van der Waals surface area contributed by atoms with Crippen molar-refractivity contribution in [1.29, 1.82) is 0 Å². The molecule has 0 aliphatic carbocycles. The van der Waals surface area contributed by atoms with E-state index in [1.165, 1.54) is 0 Å². The van der Waals surface area contributed by atoms with Crippen LogP contribution in [-0.2, 0) is 0 Å². The Morgan fingerprint density at radius 3 is 2.17 bits per heavy atom. The van der Waals surface area contributed by atoms with E-state index in [9.17, 15) is 18.0 Å². The molecule has 0 aromatic heterocycles. The first-order valence-corrected chi connectivity index (χ1v) is 5.42. The summed E-state index contributed by atoms with van der Waals surface area (Å²) in [6.45, 7) is 0. The zero-order valence-corrected chi connectivity index (χ0v) is 10.6. The molecule has 0 saturated heterocycles. The number of hydrogen-bond donors (Lipinski definition) is 2. The summed E-state index contributed by atoms with van der Waals surface area (Å²) in [4.78, 5) is 11.1. The van der Waals surface area contributed by atoms with Crippen LogP contribution in [0.15, 0.2) is 6.07 Å². The van der Waals surface area contributed by atoms with E-state index in [0.29, 0.717) is 0 Å². The molecule has 1 aromatic carbocycles. The van der Waals surface area contributed by atoms with Crippen molar-refractivity contribution in [2.24, 2.45) is 5.73 Å². The first kappa shape index (κ1) is 15.4. The number of rotatable bonds is 2. The van der Waals surface area contributed by atoms with Crippen LogP contribution >= 0.6 is 34.8 Å². The van der Waals surface area contributed by atoms with E-state index in [2.05, 4.69) is 0 Å². The summed E-state index contributed by atoms with van der Waals surface area (Å²) >= 11 is 16.7. The van der Waals surface area contributed by atoms with Gasteiger partial charge in [0.2, 0.25) is 5.91 Å². The maximum absolute atomic E-state index is 12.5. The molecule has 3 N–H and O–H groups in total. The van der Waals surface area contributed by atoms with Crippen LogP contribution < -0.4 is 5.73 Å². The van der Waals surface area contributed by atoms with E-state index < -0.39 is 39.4 Å². The number of amides is 1. The summed E-state index contributed by atoms with van der Waals surface area (Å²) in [6.07, 6.45) is -8.01. The SMILES string of the molecule is NC(=O)c1cc(Cl)c(Cl)c(Cl)c1C(O)C(F)(F)F. The van der Waals surface area contributed by atoms with Gasteiger partial charge >= 0.3 is 6.18 Å². The largest absolute Gasteiger partial charge is 0.418 e. The second-order valence-corrected chi connectivity index (χ2v) is 4.42. The van der Waals surface area contributed by atoms with Gasteiger partial charge in [-0.2, -0.15) is 13.2 Å². The highest BCUT2D eigenvalue weighted by atomic mass is 35.5. The van der Waals surface area contributed by atoms with Gasteiger partial charge in [0.15, 0.2) is 6.10 Å². The fourth-order valence-corrected chi connectivity index (χ4v) is 1.96. The molecule has 0 spiro atoms. The Kier molecular flexibility index (Phi) is 4.38. The van der Waals surface area contributed by atoms with Crippen molar-refractivity contribution in [3.05, 3.63) is 32.3 Å². The topological polar surface area (TPSA) is 63.3 Å². The highest BCUT2D eigenvalue weighted by molar-refractivity contribution is 6.48. The van der Waals surface area contributed by atoms with Crippen molar-refractivity contribution >= 4 is 40.7 Å². The fraction of sp³-hybridized carbons (Fsp3) is 0.222. The minimum atomic E-state index is -5.02. The number of carbonyl (C=O) groups excluding carboxylic acids is 1. The van der Waals surface area contributed by atoms with Crippen LogP contribution in [0.4, 0.5) is 13.2 Å². The Balaban J connectivity index is 3.60. The molecular formula is C9H5Cl3F3NO2. The third kappa shape index (κ3) is 2.83. The second kappa shape index (κ2) is 5.13. The Hall–Kier alpha value is -0.690. The van der Waals surface area contributed by atoms with Gasteiger partial charge in [0.25, 0.3) is 0 Å². The van der Waals surface area contributed by atoms with E-state index in [1.807, 2.05) is 0 Å². The zero-order valence-electron chi connectivity index (χ0n) is 8.36. The molecule has 0 fully saturated rings. The smallest absolute Gasteiger partial charge is 0.379 e. The number of primary amides is 1. The molecule has 0 radical (unpaired) electrons. The third-order valence-electron chi connectivity index (χ3n) is 2.05. The first-order chi connectivity index (χ1) is 8.07. The predicted molar refractivity (Wildman–Crippen MR) is 61.0 cm³/mol. The summed E-state index contributed by atoms with van der Waals surface area (Å²) in [5.74, 6) is -1.21. The van der Waals surface area contributed by atoms with Crippen LogP contribution in [0.3, 0.4) is 0 Å². The molecule has 1 atom stereocenters. The lowest BCUT2D eigenvalue weighted by atomic mass is 10.0. The van der Waals surface area contributed by atoms with Crippen molar-refractivity contribution in [1.82, 2.24) is 0 Å². The molecule has 0 bridgehead atoms. The van der Waals surface area contributed by atoms with Gasteiger partial charge in [-0.25, -0.2) is 0 Å². The third-order valence-corrected chi connectivity index (χ3v) is 3.33. The standard InChI is InChI=1S/C9H5Cl3F3NO2/c10-3-1-2(8(16)18)4(6(12)5(3)11)7(17)9(13,14)15/h1,7,17H,(H2,16,18). The monoisotopic (exact) mass is 321 g/mol. The average molecular weight is 322 g/mol. The summed E-state index contributed by atoms with van der Waals surface area (Å²) < 4.78 is 37.4. The number of hydrogen-bond acceptors (Lipinski definition) is 2. The molecule has 1 unspecified atom stereocenters. The van der Waals surface area contributed by atoms with Gasteiger partial charge in [0, 0.05) is 11.1 Å². The first-order valence-electron chi connectivity index (χ1n) is 4.29. The van der Waals surface area contributed by atoms with Gasteiger partial charge in [-0.1, -0.05) is 34.8 Å². The van der Waals surface area contributed by atoms with Gasteiger partial charge in [-0.3, -0.25) is 4.79 Å². The van der Waals surface area contributed by atoms with Crippen molar-refractivity contribution in [3.63, 3.8) is 0 Å². The Labute approximate surface area is 114 Å². The predicted octanol–water partition coefficient (Wildman–Crippen LogP) is 3.34. The molecule has 0 aliphatic heterocycles. The van der Waals surface area contributed by atoms with E-state index in [4.69, 9.17) is 45.6 Å². The minimum Gasteiger partial charge on any atom is -0.379 e. The van der Waals surface area contributed by atoms with Crippen molar-refractivity contribution in [2.75, 3.05) is 0 Å². The number of alkyl halides is 3. The molecule has 18 heavy (non-hydrogen) atoms. The lowest BCUT2D eigenvalue weighted by Gasteiger charge is -2.19. The van der Waals surface area contributed by atoms with Gasteiger partial charge in [-0.15, -0.1) is 0 Å². The van der Waals surface area contributed by atoms with Gasteiger partial charge < -0.3 is 10.8 Å². The van der Waals surface area contributed by atoms with Crippen molar-refractivity contribution < 1.29 is 23.1 Å². The normalized spacial score (nSPS) is 13.5. The van der Waals surface area contributed by atoms with E-state index in [0.717, 1.165) is 6.07 Å². The zero-order chi connectivity index (χ0) is 14.2. The van der Waals surface area contributed by atoms with E-state index >= 15 is 0 Å². The van der Waals surface area contributed by atoms with E-state index in [1.54, 1.807) is 0 Å². The van der Waals surface area contributed by atoms with Crippen molar-refractivity contribution in [3.8, 4) is 0 Å². The Morgan fingerprint density at radius 2 is 1.78 bits per heavy atom. The van der Waals surface area contributed by atoms with Crippen LogP contribution in [-0.4, -0.2) is 17.2 Å². The van der Waals surface area contributed by atoms with Gasteiger partial charge in [0.05, 0.1) is 15.1 Å². The molecule has 100 valence electrons. The van der Waals surface area contributed by atoms with E-state index in [-0.39, 0.29) is 5.02 Å². The van der Waals surface area contributed by atoms with Crippen LogP contribution in [0.1, 0.15) is 22.0 Å². The molecule has 1 amide bonds. The molecule has 0 saturated carbocycles. The summed E-state index contributed by atoms with van der Waals surface area (Å²) in [6, 6.07) is 0.822. The Morgan fingerprint density at radius 1 is 1.28 bits per heavy atom. The van der Waals surface area contributed by atoms with Crippen molar-refractivity contribution in [2.45, 2.75) is 12.3 Å². The quantitative estimate of drug-likeness (QED) is 0.820.